The summed E-state index contributed by atoms with van der Waals surface area (Å²) in [5, 5.41) is 0. The molecular weight excluding hydrogens is 296 g/mol. The molecule has 2 atom stereocenters. The van der Waals surface area contributed by atoms with Crippen LogP contribution in [-0.4, -0.2) is 36.4 Å². The van der Waals surface area contributed by atoms with Crippen LogP contribution in [0.2, 0.25) is 0 Å². The van der Waals surface area contributed by atoms with Crippen LogP contribution in [0.25, 0.3) is 0 Å². The van der Waals surface area contributed by atoms with Gasteiger partial charge in [0.2, 0.25) is 0 Å². The monoisotopic (exact) mass is 322 g/mol. The largest absolute Gasteiger partial charge is 0.464 e. The summed E-state index contributed by atoms with van der Waals surface area (Å²) in [4.78, 5) is 24.1. The minimum absolute atomic E-state index is 0.258. The lowest BCUT2D eigenvalue weighted by atomic mass is 10.1. The second-order valence-electron chi connectivity index (χ2n) is 6.24. The van der Waals surface area contributed by atoms with Crippen molar-refractivity contribution in [2.45, 2.75) is 58.8 Å². The first-order valence-electron chi connectivity index (χ1n) is 7.81. The van der Waals surface area contributed by atoms with Crippen molar-refractivity contribution in [1.82, 2.24) is 0 Å². The highest BCUT2D eigenvalue weighted by Crippen LogP contribution is 2.14. The van der Waals surface area contributed by atoms with E-state index in [1.807, 2.05) is 30.3 Å². The third-order valence-corrected chi connectivity index (χ3v) is 2.92. The standard InChI is InChI=1S/C18H26O5/c1-6-21-17(20)15(12-14-10-8-7-9-11-14)22-13(2)16(19)23-18(3,4)5/h7-11,13,15H,6,12H2,1-5H3. The van der Waals surface area contributed by atoms with E-state index < -0.39 is 29.7 Å². The number of hydrogen-bond acceptors (Lipinski definition) is 5. The molecule has 0 aliphatic carbocycles. The molecule has 0 radical (unpaired) electrons. The van der Waals surface area contributed by atoms with Crippen LogP contribution >= 0.6 is 0 Å². The van der Waals surface area contributed by atoms with Crippen molar-refractivity contribution in [2.75, 3.05) is 6.61 Å². The maximum Gasteiger partial charge on any atom is 0.335 e. The fourth-order valence-corrected chi connectivity index (χ4v) is 1.94. The Labute approximate surface area is 137 Å². The molecule has 0 bridgehead atoms. The molecule has 0 fully saturated rings. The van der Waals surface area contributed by atoms with Crippen molar-refractivity contribution in [2.24, 2.45) is 0 Å². The lowest BCUT2D eigenvalue weighted by molar-refractivity contribution is -0.177. The van der Waals surface area contributed by atoms with Gasteiger partial charge in [0, 0.05) is 6.42 Å². The van der Waals surface area contributed by atoms with Gasteiger partial charge in [-0.3, -0.25) is 0 Å². The topological polar surface area (TPSA) is 61.8 Å². The molecule has 2 unspecified atom stereocenters. The predicted molar refractivity (Wildman–Crippen MR) is 87.0 cm³/mol. The molecule has 0 saturated carbocycles. The highest BCUT2D eigenvalue weighted by molar-refractivity contribution is 5.77. The van der Waals surface area contributed by atoms with Gasteiger partial charge in [0.15, 0.2) is 12.2 Å². The molecule has 1 aromatic carbocycles. The Morgan fingerprint density at radius 3 is 2.22 bits per heavy atom. The van der Waals surface area contributed by atoms with E-state index in [0.29, 0.717) is 6.42 Å². The minimum atomic E-state index is -0.854. The van der Waals surface area contributed by atoms with E-state index in [4.69, 9.17) is 14.2 Å². The number of rotatable bonds is 7. The second-order valence-corrected chi connectivity index (χ2v) is 6.24. The molecule has 5 heteroatoms. The van der Waals surface area contributed by atoms with Crippen molar-refractivity contribution >= 4 is 11.9 Å². The molecule has 0 N–H and O–H groups in total. The van der Waals surface area contributed by atoms with E-state index in [1.54, 1.807) is 34.6 Å². The molecule has 0 aliphatic rings. The zero-order chi connectivity index (χ0) is 17.5. The van der Waals surface area contributed by atoms with Crippen molar-refractivity contribution in [3.63, 3.8) is 0 Å². The molecule has 0 amide bonds. The minimum Gasteiger partial charge on any atom is -0.464 e. The fourth-order valence-electron chi connectivity index (χ4n) is 1.94. The molecule has 0 saturated heterocycles. The van der Waals surface area contributed by atoms with Crippen LogP contribution in [0.15, 0.2) is 30.3 Å². The second kappa shape index (κ2) is 8.67. The van der Waals surface area contributed by atoms with E-state index >= 15 is 0 Å². The summed E-state index contributed by atoms with van der Waals surface area (Å²) in [7, 11) is 0. The van der Waals surface area contributed by atoms with Gasteiger partial charge in [-0.15, -0.1) is 0 Å². The third-order valence-electron chi connectivity index (χ3n) is 2.92. The molecule has 1 rings (SSSR count). The molecular formula is C18H26O5. The lowest BCUT2D eigenvalue weighted by Gasteiger charge is -2.24. The Morgan fingerprint density at radius 2 is 1.70 bits per heavy atom. The van der Waals surface area contributed by atoms with Crippen LogP contribution in [0.3, 0.4) is 0 Å². The summed E-state index contributed by atoms with van der Waals surface area (Å²) < 4.78 is 15.9. The molecule has 5 nitrogen and oxygen atoms in total. The summed E-state index contributed by atoms with van der Waals surface area (Å²) in [5.41, 5.74) is 0.329. The normalized spacial score (nSPS) is 14.0. The molecule has 1 aromatic rings. The van der Waals surface area contributed by atoms with E-state index in [9.17, 15) is 9.59 Å². The van der Waals surface area contributed by atoms with Gasteiger partial charge in [-0.05, 0) is 40.2 Å². The fraction of sp³-hybridized carbons (Fsp3) is 0.556. The zero-order valence-electron chi connectivity index (χ0n) is 14.5. The molecule has 0 spiro atoms. The van der Waals surface area contributed by atoms with Crippen molar-refractivity contribution < 1.29 is 23.8 Å². The van der Waals surface area contributed by atoms with Gasteiger partial charge < -0.3 is 14.2 Å². The third kappa shape index (κ3) is 7.28. The summed E-state index contributed by atoms with van der Waals surface area (Å²) in [5.74, 6) is -0.980. The highest BCUT2D eigenvalue weighted by Gasteiger charge is 2.29. The first kappa shape index (κ1) is 19.2. The maximum absolute atomic E-state index is 12.1. The molecule has 0 aliphatic heterocycles. The summed E-state index contributed by atoms with van der Waals surface area (Å²) in [6.45, 7) is 8.91. The van der Waals surface area contributed by atoms with E-state index in [-0.39, 0.29) is 6.61 Å². The number of hydrogen-bond donors (Lipinski definition) is 0. The van der Waals surface area contributed by atoms with Crippen LogP contribution in [0.5, 0.6) is 0 Å². The molecule has 128 valence electrons. The lowest BCUT2D eigenvalue weighted by Crippen LogP contribution is -2.38. The van der Waals surface area contributed by atoms with E-state index in [2.05, 4.69) is 0 Å². The number of carbonyl (C=O) groups excluding carboxylic acids is 2. The van der Waals surface area contributed by atoms with E-state index in [0.717, 1.165) is 5.56 Å². The van der Waals surface area contributed by atoms with Crippen LogP contribution in [-0.2, 0) is 30.2 Å². The quantitative estimate of drug-likeness (QED) is 0.722. The average molecular weight is 322 g/mol. The van der Waals surface area contributed by atoms with Gasteiger partial charge in [-0.2, -0.15) is 0 Å². The Balaban J connectivity index is 2.76. The summed E-state index contributed by atoms with van der Waals surface area (Å²) in [6.07, 6.45) is -1.36. The van der Waals surface area contributed by atoms with Crippen LogP contribution < -0.4 is 0 Å². The Kier molecular flexibility index (Phi) is 7.23. The number of esters is 2. The van der Waals surface area contributed by atoms with Crippen molar-refractivity contribution in [3.05, 3.63) is 35.9 Å². The highest BCUT2D eigenvalue weighted by atomic mass is 16.6. The first-order valence-corrected chi connectivity index (χ1v) is 7.81. The smallest absolute Gasteiger partial charge is 0.335 e. The Morgan fingerprint density at radius 1 is 1.09 bits per heavy atom. The van der Waals surface area contributed by atoms with Gasteiger partial charge in [-0.1, -0.05) is 30.3 Å². The van der Waals surface area contributed by atoms with Gasteiger partial charge in [0.05, 0.1) is 6.61 Å². The zero-order valence-corrected chi connectivity index (χ0v) is 14.5. The summed E-state index contributed by atoms with van der Waals surface area (Å²) >= 11 is 0. The molecule has 0 aromatic heterocycles. The van der Waals surface area contributed by atoms with Gasteiger partial charge >= 0.3 is 11.9 Å². The number of ether oxygens (including phenoxy) is 3. The van der Waals surface area contributed by atoms with Crippen LogP contribution in [0.1, 0.15) is 40.2 Å². The first-order chi connectivity index (χ1) is 10.7. The van der Waals surface area contributed by atoms with Crippen molar-refractivity contribution in [3.8, 4) is 0 Å². The van der Waals surface area contributed by atoms with Crippen LogP contribution in [0, 0.1) is 0 Å². The number of carbonyl (C=O) groups is 2. The predicted octanol–water partition coefficient (Wildman–Crippen LogP) is 2.91. The Hall–Kier alpha value is -1.88. The van der Waals surface area contributed by atoms with Gasteiger partial charge in [0.25, 0.3) is 0 Å². The van der Waals surface area contributed by atoms with E-state index in [1.165, 1.54) is 0 Å². The van der Waals surface area contributed by atoms with Crippen molar-refractivity contribution in [1.29, 1.82) is 0 Å². The van der Waals surface area contributed by atoms with Gasteiger partial charge in [-0.25, -0.2) is 9.59 Å². The maximum atomic E-state index is 12.1. The van der Waals surface area contributed by atoms with Crippen LogP contribution in [0.4, 0.5) is 0 Å². The Bertz CT molecular complexity index is 504. The average Bonchev–Trinajstić information content (AvgIpc) is 2.46. The number of benzene rings is 1. The SMILES string of the molecule is CCOC(=O)C(Cc1ccccc1)OC(C)C(=O)OC(C)(C)C. The summed E-state index contributed by atoms with van der Waals surface area (Å²) in [6, 6.07) is 9.46. The van der Waals surface area contributed by atoms with Gasteiger partial charge in [0.1, 0.15) is 5.60 Å². The molecule has 0 heterocycles. The molecule has 23 heavy (non-hydrogen) atoms.